The van der Waals surface area contributed by atoms with Gasteiger partial charge >= 0.3 is 5.97 Å². The van der Waals surface area contributed by atoms with Gasteiger partial charge in [0.25, 0.3) is 0 Å². The van der Waals surface area contributed by atoms with Crippen LogP contribution in [-0.4, -0.2) is 23.5 Å². The predicted octanol–water partition coefficient (Wildman–Crippen LogP) is 2.29. The highest BCUT2D eigenvalue weighted by atomic mass is 16.4. The highest BCUT2D eigenvalue weighted by Crippen LogP contribution is 2.26. The SMILES string of the molecule is CC(C)CCCNC(=O)C(C(=O)O)C(C)(C)C. The topological polar surface area (TPSA) is 66.4 Å². The van der Waals surface area contributed by atoms with Crippen LogP contribution in [-0.2, 0) is 9.59 Å². The Morgan fingerprint density at radius 2 is 1.76 bits per heavy atom. The second-order valence-corrected chi connectivity index (χ2v) is 5.96. The number of aliphatic carboxylic acids is 1. The zero-order valence-electron chi connectivity index (χ0n) is 11.5. The lowest BCUT2D eigenvalue weighted by Crippen LogP contribution is -2.43. The Morgan fingerprint density at radius 3 is 2.12 bits per heavy atom. The summed E-state index contributed by atoms with van der Waals surface area (Å²) < 4.78 is 0. The number of carbonyl (C=O) groups excluding carboxylic acids is 1. The van der Waals surface area contributed by atoms with E-state index in [1.807, 2.05) is 0 Å². The molecule has 0 spiro atoms. The molecule has 1 atom stereocenters. The standard InChI is InChI=1S/C13H25NO3/c1-9(2)7-6-8-14-11(15)10(12(16)17)13(3,4)5/h9-10H,6-8H2,1-5H3,(H,14,15)(H,16,17). The van der Waals surface area contributed by atoms with E-state index in [9.17, 15) is 9.59 Å². The monoisotopic (exact) mass is 243 g/mol. The smallest absolute Gasteiger partial charge is 0.316 e. The van der Waals surface area contributed by atoms with E-state index in [-0.39, 0.29) is 5.91 Å². The number of hydrogen-bond acceptors (Lipinski definition) is 2. The van der Waals surface area contributed by atoms with Crippen molar-refractivity contribution in [3.05, 3.63) is 0 Å². The number of nitrogens with one attached hydrogen (secondary N) is 1. The van der Waals surface area contributed by atoms with E-state index in [0.29, 0.717) is 12.5 Å². The van der Waals surface area contributed by atoms with Crippen molar-refractivity contribution in [1.82, 2.24) is 5.32 Å². The van der Waals surface area contributed by atoms with Crippen LogP contribution in [0.15, 0.2) is 0 Å². The molecule has 100 valence electrons. The zero-order chi connectivity index (χ0) is 13.6. The molecular weight excluding hydrogens is 218 g/mol. The van der Waals surface area contributed by atoms with Gasteiger partial charge in [0.1, 0.15) is 5.92 Å². The molecule has 0 aliphatic heterocycles. The molecule has 0 radical (unpaired) electrons. The first kappa shape index (κ1) is 15.9. The minimum atomic E-state index is -1.06. The molecule has 0 heterocycles. The molecule has 0 aliphatic carbocycles. The van der Waals surface area contributed by atoms with E-state index < -0.39 is 17.3 Å². The number of carboxylic acids is 1. The summed E-state index contributed by atoms with van der Waals surface area (Å²) in [6, 6.07) is 0. The third-order valence-electron chi connectivity index (χ3n) is 2.63. The van der Waals surface area contributed by atoms with Crippen molar-refractivity contribution < 1.29 is 14.7 Å². The molecule has 0 bridgehead atoms. The third-order valence-corrected chi connectivity index (χ3v) is 2.63. The van der Waals surface area contributed by atoms with Crippen LogP contribution in [0.3, 0.4) is 0 Å². The number of rotatable bonds is 6. The summed E-state index contributed by atoms with van der Waals surface area (Å²) in [4.78, 5) is 22.9. The van der Waals surface area contributed by atoms with Crippen LogP contribution in [0.1, 0.15) is 47.5 Å². The van der Waals surface area contributed by atoms with E-state index in [1.165, 1.54) is 0 Å². The van der Waals surface area contributed by atoms with Crippen molar-refractivity contribution in [1.29, 1.82) is 0 Å². The van der Waals surface area contributed by atoms with Gasteiger partial charge < -0.3 is 10.4 Å². The van der Waals surface area contributed by atoms with Crippen molar-refractivity contribution in [2.45, 2.75) is 47.5 Å². The van der Waals surface area contributed by atoms with Gasteiger partial charge in [-0.25, -0.2) is 0 Å². The van der Waals surface area contributed by atoms with Gasteiger partial charge in [-0.15, -0.1) is 0 Å². The Hall–Kier alpha value is -1.06. The van der Waals surface area contributed by atoms with Gasteiger partial charge in [0.2, 0.25) is 5.91 Å². The zero-order valence-corrected chi connectivity index (χ0v) is 11.5. The summed E-state index contributed by atoms with van der Waals surface area (Å²) in [5, 5.41) is 11.8. The number of carboxylic acid groups (broad SMARTS) is 1. The maximum absolute atomic E-state index is 11.8. The highest BCUT2D eigenvalue weighted by molar-refractivity contribution is 5.97. The second-order valence-electron chi connectivity index (χ2n) is 5.96. The van der Waals surface area contributed by atoms with Crippen LogP contribution in [0.5, 0.6) is 0 Å². The Morgan fingerprint density at radius 1 is 1.24 bits per heavy atom. The van der Waals surface area contributed by atoms with E-state index in [2.05, 4.69) is 19.2 Å². The Labute approximate surface area is 104 Å². The first-order chi connectivity index (χ1) is 7.66. The molecule has 0 aliphatic rings. The number of hydrogen-bond donors (Lipinski definition) is 2. The van der Waals surface area contributed by atoms with Crippen LogP contribution in [0.25, 0.3) is 0 Å². The Balaban J connectivity index is 4.23. The van der Waals surface area contributed by atoms with E-state index in [1.54, 1.807) is 20.8 Å². The van der Waals surface area contributed by atoms with Crippen LogP contribution in [0.2, 0.25) is 0 Å². The van der Waals surface area contributed by atoms with Gasteiger partial charge in [0.15, 0.2) is 0 Å². The fraction of sp³-hybridized carbons (Fsp3) is 0.846. The Kier molecular flexibility index (Phi) is 6.21. The van der Waals surface area contributed by atoms with E-state index in [0.717, 1.165) is 12.8 Å². The summed E-state index contributed by atoms with van der Waals surface area (Å²) in [5.74, 6) is -1.82. The van der Waals surface area contributed by atoms with Crippen LogP contribution in [0.4, 0.5) is 0 Å². The summed E-state index contributed by atoms with van der Waals surface area (Å²) in [5.41, 5.74) is -0.562. The summed E-state index contributed by atoms with van der Waals surface area (Å²) in [6.45, 7) is 10.1. The van der Waals surface area contributed by atoms with Crippen molar-refractivity contribution in [2.75, 3.05) is 6.54 Å². The van der Waals surface area contributed by atoms with Crippen LogP contribution >= 0.6 is 0 Å². The molecule has 0 aromatic carbocycles. The lowest BCUT2D eigenvalue weighted by molar-refractivity contribution is -0.151. The maximum Gasteiger partial charge on any atom is 0.316 e. The quantitative estimate of drug-likeness (QED) is 0.555. The van der Waals surface area contributed by atoms with Gasteiger partial charge in [-0.3, -0.25) is 9.59 Å². The summed E-state index contributed by atoms with van der Waals surface area (Å²) in [6.07, 6.45) is 1.92. The molecule has 4 nitrogen and oxygen atoms in total. The second kappa shape index (κ2) is 6.62. The minimum absolute atomic E-state index is 0.381. The van der Waals surface area contributed by atoms with Crippen LogP contribution in [0, 0.1) is 17.3 Å². The first-order valence-electron chi connectivity index (χ1n) is 6.16. The molecule has 17 heavy (non-hydrogen) atoms. The summed E-state index contributed by atoms with van der Waals surface area (Å²) in [7, 11) is 0. The van der Waals surface area contributed by atoms with Crippen molar-refractivity contribution in [3.63, 3.8) is 0 Å². The molecule has 0 aromatic heterocycles. The van der Waals surface area contributed by atoms with Crippen molar-refractivity contribution in [2.24, 2.45) is 17.3 Å². The van der Waals surface area contributed by atoms with Gasteiger partial charge in [-0.2, -0.15) is 0 Å². The average Bonchev–Trinajstić information content (AvgIpc) is 2.08. The molecule has 1 amide bonds. The first-order valence-corrected chi connectivity index (χ1v) is 6.16. The maximum atomic E-state index is 11.8. The average molecular weight is 243 g/mol. The van der Waals surface area contributed by atoms with Crippen molar-refractivity contribution in [3.8, 4) is 0 Å². The van der Waals surface area contributed by atoms with Gasteiger partial charge in [0.05, 0.1) is 0 Å². The predicted molar refractivity (Wildman–Crippen MR) is 67.7 cm³/mol. The van der Waals surface area contributed by atoms with Crippen LogP contribution < -0.4 is 5.32 Å². The highest BCUT2D eigenvalue weighted by Gasteiger charge is 2.37. The molecule has 4 heteroatoms. The number of carbonyl (C=O) groups is 2. The molecule has 2 N–H and O–H groups in total. The molecule has 1 unspecified atom stereocenters. The number of amides is 1. The largest absolute Gasteiger partial charge is 0.481 e. The fourth-order valence-corrected chi connectivity index (χ4v) is 1.70. The fourth-order valence-electron chi connectivity index (χ4n) is 1.70. The Bertz CT molecular complexity index is 266. The lowest BCUT2D eigenvalue weighted by Gasteiger charge is -2.25. The van der Waals surface area contributed by atoms with Gasteiger partial charge in [0, 0.05) is 6.54 Å². The molecular formula is C13H25NO3. The van der Waals surface area contributed by atoms with Gasteiger partial charge in [-0.05, 0) is 24.2 Å². The molecule has 0 saturated heterocycles. The minimum Gasteiger partial charge on any atom is -0.481 e. The molecule has 0 fully saturated rings. The lowest BCUT2D eigenvalue weighted by atomic mass is 9.80. The van der Waals surface area contributed by atoms with Crippen molar-refractivity contribution >= 4 is 11.9 Å². The van der Waals surface area contributed by atoms with Gasteiger partial charge in [-0.1, -0.05) is 34.6 Å². The third kappa shape index (κ3) is 6.29. The normalized spacial score (nSPS) is 13.5. The molecule has 0 rings (SSSR count). The molecule has 0 aromatic rings. The van der Waals surface area contributed by atoms with E-state index in [4.69, 9.17) is 5.11 Å². The van der Waals surface area contributed by atoms with E-state index >= 15 is 0 Å². The summed E-state index contributed by atoms with van der Waals surface area (Å²) >= 11 is 0. The molecule has 0 saturated carbocycles.